The lowest BCUT2D eigenvalue weighted by molar-refractivity contribution is -0.385. The highest BCUT2D eigenvalue weighted by molar-refractivity contribution is 6.03. The molecule has 48 heavy (non-hydrogen) atoms. The van der Waals surface area contributed by atoms with E-state index < -0.39 is 45.6 Å². The minimum absolute atomic E-state index is 0.156. The van der Waals surface area contributed by atoms with Crippen LogP contribution >= 0.6 is 0 Å². The highest BCUT2D eigenvalue weighted by Gasteiger charge is 2.30. The maximum absolute atomic E-state index is 13.4. The first kappa shape index (κ1) is 32.5. The number of nitrogens with zero attached hydrogens (tertiary/aromatic N) is 3. The maximum Gasteiger partial charge on any atom is 0.358 e. The van der Waals surface area contributed by atoms with Crippen molar-refractivity contribution in [1.82, 2.24) is 4.98 Å². The van der Waals surface area contributed by atoms with E-state index in [1.165, 1.54) is 91.0 Å². The van der Waals surface area contributed by atoms with Crippen molar-refractivity contribution in [2.45, 2.75) is 12.2 Å². The number of esters is 2. The van der Waals surface area contributed by atoms with Crippen LogP contribution in [0.5, 0.6) is 0 Å². The topological polar surface area (TPSA) is 186 Å². The molecule has 1 heterocycles. The van der Waals surface area contributed by atoms with Gasteiger partial charge in [-0.15, -0.1) is 0 Å². The zero-order valence-electron chi connectivity index (χ0n) is 24.7. The predicted octanol–water partition coefficient (Wildman–Crippen LogP) is 6.46. The van der Waals surface area contributed by atoms with Gasteiger partial charge in [0.25, 0.3) is 11.4 Å². The SMILES string of the molecule is O=C(O[C@@H](C(=O)c1ccccc1)c1ccc([N+](=O)[O-])cc1)c1cccc(C(=O)O[C@@H](C(=O)c2ccccc2)c2ccc([N+](=O)[O-])cc2)n1. The second kappa shape index (κ2) is 14.5. The minimum atomic E-state index is -1.52. The van der Waals surface area contributed by atoms with E-state index in [1.807, 2.05) is 0 Å². The van der Waals surface area contributed by atoms with E-state index >= 15 is 0 Å². The van der Waals surface area contributed by atoms with Crippen molar-refractivity contribution in [2.75, 3.05) is 0 Å². The quantitative estimate of drug-likeness (QED) is 0.0627. The summed E-state index contributed by atoms with van der Waals surface area (Å²) in [5, 5.41) is 22.3. The van der Waals surface area contributed by atoms with E-state index in [1.54, 1.807) is 36.4 Å². The van der Waals surface area contributed by atoms with Crippen molar-refractivity contribution in [3.05, 3.63) is 181 Å². The van der Waals surface area contributed by atoms with Crippen molar-refractivity contribution in [3.63, 3.8) is 0 Å². The molecule has 0 amide bonds. The molecule has 0 bridgehead atoms. The Labute approximate surface area is 271 Å². The highest BCUT2D eigenvalue weighted by Crippen LogP contribution is 2.28. The molecule has 0 aliphatic rings. The molecule has 238 valence electrons. The van der Waals surface area contributed by atoms with Crippen LogP contribution in [0, 0.1) is 20.2 Å². The summed E-state index contributed by atoms with van der Waals surface area (Å²) < 4.78 is 11.1. The molecule has 13 heteroatoms. The zero-order valence-corrected chi connectivity index (χ0v) is 24.7. The first-order valence-electron chi connectivity index (χ1n) is 14.2. The number of hydrogen-bond acceptors (Lipinski definition) is 11. The number of Topliss-reactive ketones (excluding diaryl/α,β-unsaturated/α-hetero) is 2. The Hall–Kier alpha value is -6.89. The number of non-ortho nitro benzene ring substituents is 2. The third-order valence-electron chi connectivity index (χ3n) is 7.02. The van der Waals surface area contributed by atoms with Gasteiger partial charge >= 0.3 is 11.9 Å². The molecule has 0 N–H and O–H groups in total. The largest absolute Gasteiger partial charge is 0.444 e. The Morgan fingerprint density at radius 2 is 0.854 bits per heavy atom. The molecule has 0 aliphatic carbocycles. The minimum Gasteiger partial charge on any atom is -0.444 e. The van der Waals surface area contributed by atoms with Gasteiger partial charge in [0.15, 0.2) is 12.2 Å². The third-order valence-corrected chi connectivity index (χ3v) is 7.02. The third kappa shape index (κ3) is 7.49. The Morgan fingerprint density at radius 3 is 1.19 bits per heavy atom. The van der Waals surface area contributed by atoms with Gasteiger partial charge in [0.05, 0.1) is 9.85 Å². The Kier molecular flexibility index (Phi) is 9.80. The molecule has 0 unspecified atom stereocenters. The number of carbonyl (C=O) groups is 4. The smallest absolute Gasteiger partial charge is 0.358 e. The standard InChI is InChI=1S/C35H23N3O10/c39-30(22-8-3-1-4-9-22)32(24-14-18-26(19-15-24)37(43)44)47-34(41)28-12-7-13-29(36-28)35(42)48-33(31(40)23-10-5-2-6-11-23)25-16-20-27(21-17-25)38(45)46/h1-21,32-33H/t32-,33-/m1/s1. The van der Waals surface area contributed by atoms with Crippen molar-refractivity contribution >= 4 is 34.9 Å². The molecule has 0 radical (unpaired) electrons. The van der Waals surface area contributed by atoms with Gasteiger partial charge in [0, 0.05) is 46.5 Å². The summed E-state index contributed by atoms with van der Waals surface area (Å²) in [6.07, 6.45) is -3.04. The van der Waals surface area contributed by atoms with Crippen LogP contribution < -0.4 is 0 Å². The lowest BCUT2D eigenvalue weighted by Gasteiger charge is -2.18. The molecule has 1 aromatic heterocycles. The summed E-state index contributed by atoms with van der Waals surface area (Å²) in [5.41, 5.74) is -0.494. The van der Waals surface area contributed by atoms with Gasteiger partial charge in [0.2, 0.25) is 11.6 Å². The fourth-order valence-corrected chi connectivity index (χ4v) is 4.59. The monoisotopic (exact) mass is 645 g/mol. The number of nitro groups is 2. The second-order valence-electron chi connectivity index (χ2n) is 10.1. The van der Waals surface area contributed by atoms with Crippen LogP contribution in [0.2, 0.25) is 0 Å². The molecule has 0 saturated heterocycles. The number of pyridine rings is 1. The number of carbonyl (C=O) groups excluding carboxylic acids is 4. The van der Waals surface area contributed by atoms with Gasteiger partial charge in [-0.05, 0) is 36.4 Å². The number of nitro benzene ring substituents is 2. The van der Waals surface area contributed by atoms with Crippen LogP contribution in [-0.2, 0) is 9.47 Å². The molecule has 4 aromatic carbocycles. The number of ketones is 2. The molecule has 5 rings (SSSR count). The lowest BCUT2D eigenvalue weighted by Crippen LogP contribution is -2.23. The summed E-state index contributed by atoms with van der Waals surface area (Å²) >= 11 is 0. The van der Waals surface area contributed by atoms with Gasteiger partial charge in [-0.25, -0.2) is 14.6 Å². The number of ether oxygens (including phenoxy) is 2. The van der Waals surface area contributed by atoms with E-state index in [9.17, 15) is 39.4 Å². The highest BCUT2D eigenvalue weighted by atomic mass is 16.6. The average Bonchev–Trinajstić information content (AvgIpc) is 3.13. The van der Waals surface area contributed by atoms with E-state index in [2.05, 4.69) is 4.98 Å². The summed E-state index contributed by atoms with van der Waals surface area (Å²) in [6, 6.07) is 29.5. The van der Waals surface area contributed by atoms with Crippen molar-refractivity contribution in [2.24, 2.45) is 0 Å². The fourth-order valence-electron chi connectivity index (χ4n) is 4.59. The Bertz CT molecular complexity index is 1860. The van der Waals surface area contributed by atoms with Crippen molar-refractivity contribution < 1.29 is 38.5 Å². The van der Waals surface area contributed by atoms with Gasteiger partial charge in [-0.2, -0.15) is 0 Å². The molecular formula is C35H23N3O10. The molecule has 5 aromatic rings. The molecular weight excluding hydrogens is 622 g/mol. The summed E-state index contributed by atoms with van der Waals surface area (Å²) in [6.45, 7) is 0. The Balaban J connectivity index is 1.41. The zero-order chi connectivity index (χ0) is 34.2. The predicted molar refractivity (Wildman–Crippen MR) is 168 cm³/mol. The van der Waals surface area contributed by atoms with Crippen LogP contribution in [0.25, 0.3) is 0 Å². The maximum atomic E-state index is 13.4. The number of aromatic nitrogens is 1. The van der Waals surface area contributed by atoms with Crippen molar-refractivity contribution in [1.29, 1.82) is 0 Å². The summed E-state index contributed by atoms with van der Waals surface area (Å²) in [7, 11) is 0. The molecule has 13 nitrogen and oxygen atoms in total. The van der Waals surface area contributed by atoms with Crippen LogP contribution in [0.15, 0.2) is 127 Å². The normalized spacial score (nSPS) is 11.8. The van der Waals surface area contributed by atoms with Crippen LogP contribution in [0.1, 0.15) is 65.0 Å². The average molecular weight is 646 g/mol. The van der Waals surface area contributed by atoms with E-state index in [-0.39, 0.29) is 45.0 Å². The number of benzene rings is 4. The second-order valence-corrected chi connectivity index (χ2v) is 10.1. The first-order chi connectivity index (χ1) is 23.1. The fraction of sp³-hybridized carbons (Fsp3) is 0.0571. The molecule has 0 saturated carbocycles. The van der Waals surface area contributed by atoms with Crippen LogP contribution in [0.4, 0.5) is 11.4 Å². The molecule has 0 fully saturated rings. The van der Waals surface area contributed by atoms with E-state index in [4.69, 9.17) is 9.47 Å². The number of hydrogen-bond donors (Lipinski definition) is 0. The molecule has 0 spiro atoms. The van der Waals surface area contributed by atoms with Gasteiger partial charge in [0.1, 0.15) is 11.4 Å². The molecule has 0 aliphatic heterocycles. The van der Waals surface area contributed by atoms with E-state index in [0.717, 1.165) is 0 Å². The van der Waals surface area contributed by atoms with Gasteiger partial charge in [-0.3, -0.25) is 29.8 Å². The van der Waals surface area contributed by atoms with Gasteiger partial charge < -0.3 is 9.47 Å². The molecule has 2 atom stereocenters. The summed E-state index contributed by atoms with van der Waals surface area (Å²) in [5.74, 6) is -3.41. The van der Waals surface area contributed by atoms with Crippen LogP contribution in [-0.4, -0.2) is 38.3 Å². The van der Waals surface area contributed by atoms with Gasteiger partial charge in [-0.1, -0.05) is 66.7 Å². The number of rotatable bonds is 12. The van der Waals surface area contributed by atoms with Crippen molar-refractivity contribution in [3.8, 4) is 0 Å². The van der Waals surface area contributed by atoms with E-state index in [0.29, 0.717) is 0 Å². The summed E-state index contributed by atoms with van der Waals surface area (Å²) in [4.78, 5) is 78.6. The lowest BCUT2D eigenvalue weighted by atomic mass is 9.99. The first-order valence-corrected chi connectivity index (χ1v) is 14.2. The van der Waals surface area contributed by atoms with Crippen LogP contribution in [0.3, 0.4) is 0 Å². The Morgan fingerprint density at radius 1 is 0.500 bits per heavy atom.